The number of hydrogen-bond acceptors (Lipinski definition) is 12. The molecule has 7 N–H and O–H groups in total. The van der Waals surface area contributed by atoms with Gasteiger partial charge in [0.2, 0.25) is 11.8 Å². The molecule has 38 heavy (non-hydrogen) atoms. The monoisotopic (exact) mass is 587 g/mol. The first-order chi connectivity index (χ1) is 17.4. The van der Waals surface area contributed by atoms with Crippen molar-refractivity contribution in [1.82, 2.24) is 0 Å². The third kappa shape index (κ3) is 12.5. The molecule has 0 fully saturated rings. The highest BCUT2D eigenvalue weighted by Crippen LogP contribution is 2.30. The molecule has 0 unspecified atom stereocenters. The average molecular weight is 588 g/mol. The Kier molecular flexibility index (Phi) is 14.8. The molecule has 0 aliphatic carbocycles. The molecule has 0 saturated heterocycles. The predicted octanol–water partition coefficient (Wildman–Crippen LogP) is 0.0905. The van der Waals surface area contributed by atoms with Gasteiger partial charge in [0.15, 0.2) is 5.90 Å². The van der Waals surface area contributed by atoms with Crippen LogP contribution in [-0.4, -0.2) is 65.6 Å². The van der Waals surface area contributed by atoms with Gasteiger partial charge in [-0.2, -0.15) is 16.8 Å². The second-order valence-electron chi connectivity index (χ2n) is 8.30. The van der Waals surface area contributed by atoms with Crippen molar-refractivity contribution in [3.63, 3.8) is 0 Å². The molecule has 0 aromatic rings. The van der Waals surface area contributed by atoms with E-state index in [1.807, 2.05) is 0 Å². The van der Waals surface area contributed by atoms with Crippen molar-refractivity contribution in [2.45, 2.75) is 87.5 Å². The fourth-order valence-electron chi connectivity index (χ4n) is 3.11. The van der Waals surface area contributed by atoms with Crippen molar-refractivity contribution < 1.29 is 59.4 Å². The maximum absolute atomic E-state index is 12.5. The Hall–Kier alpha value is -2.96. The molecule has 0 spiro atoms. The third-order valence-electron chi connectivity index (χ3n) is 5.09. The summed E-state index contributed by atoms with van der Waals surface area (Å²) in [7, 11) is -12.2. The van der Waals surface area contributed by atoms with E-state index < -0.39 is 72.8 Å². The second-order valence-corrected chi connectivity index (χ2v) is 11.9. The molecule has 0 aliphatic rings. The van der Waals surface area contributed by atoms with Gasteiger partial charge in [0.1, 0.15) is 0 Å². The van der Waals surface area contributed by atoms with Gasteiger partial charge < -0.3 is 20.9 Å². The summed E-state index contributed by atoms with van der Waals surface area (Å²) in [6, 6.07) is 0. The summed E-state index contributed by atoms with van der Waals surface area (Å²) in [5.41, 5.74) is 9.98. The number of amides is 2. The first kappa shape index (κ1) is 35.0. The Balaban J connectivity index is 5.24. The van der Waals surface area contributed by atoms with E-state index in [4.69, 9.17) is 16.9 Å². The lowest BCUT2D eigenvalue weighted by atomic mass is 10.1. The molecular formula is C20H33N3O13S2. The first-order valence-electron chi connectivity index (χ1n) is 11.5. The van der Waals surface area contributed by atoms with Crippen LogP contribution >= 0.6 is 0 Å². The summed E-state index contributed by atoms with van der Waals surface area (Å²) in [5.74, 6) is -7.38. The lowest BCUT2D eigenvalue weighted by Gasteiger charge is -2.24. The van der Waals surface area contributed by atoms with Gasteiger partial charge in [0, 0.05) is 25.7 Å². The summed E-state index contributed by atoms with van der Waals surface area (Å²) in [4.78, 5) is 57.7. The molecule has 0 atom stereocenters. The predicted molar refractivity (Wildman–Crippen MR) is 129 cm³/mol. The number of ether oxygens (including phenoxy) is 2. The number of unbranched alkanes of at least 4 members (excludes halogenated alkanes) is 6. The molecule has 0 bridgehead atoms. The minimum Gasteiger partial charge on any atom is -0.412 e. The Bertz CT molecular complexity index is 1070. The van der Waals surface area contributed by atoms with Gasteiger partial charge in [-0.25, -0.2) is 4.79 Å². The van der Waals surface area contributed by atoms with Crippen LogP contribution in [0.3, 0.4) is 0 Å². The van der Waals surface area contributed by atoms with Crippen LogP contribution < -0.4 is 11.5 Å². The third-order valence-corrected chi connectivity index (χ3v) is 8.64. The first-order valence-corrected chi connectivity index (χ1v) is 14.4. The van der Waals surface area contributed by atoms with Gasteiger partial charge in [-0.05, 0) is 25.7 Å². The normalized spacial score (nSPS) is 11.9. The zero-order chi connectivity index (χ0) is 29.6. The average Bonchev–Trinajstić information content (AvgIpc) is 2.74. The quantitative estimate of drug-likeness (QED) is 0.0335. The van der Waals surface area contributed by atoms with Crippen LogP contribution in [0, 0.1) is 5.41 Å². The number of carbonyl (C=O) groups excluding carboxylic acids is 5. The molecule has 0 aromatic heterocycles. The number of rotatable bonds is 19. The Morgan fingerprint density at radius 2 is 0.974 bits per heavy atom. The molecule has 0 aliphatic heterocycles. The van der Waals surface area contributed by atoms with Crippen molar-refractivity contribution in [2.24, 2.45) is 11.5 Å². The van der Waals surface area contributed by atoms with Crippen molar-refractivity contribution in [3.05, 3.63) is 0 Å². The lowest BCUT2D eigenvalue weighted by molar-refractivity contribution is -0.160. The van der Waals surface area contributed by atoms with Crippen LogP contribution in [-0.2, 0) is 53.7 Å². The fraction of sp³-hybridized carbons (Fsp3) is 0.700. The number of nitrogens with two attached hydrogens (primary N) is 2. The minimum absolute atomic E-state index is 0.0889. The molecule has 218 valence electrons. The van der Waals surface area contributed by atoms with Gasteiger partial charge in [-0.3, -0.25) is 33.7 Å². The summed E-state index contributed by atoms with van der Waals surface area (Å²) >= 11 is 0. The van der Waals surface area contributed by atoms with E-state index in [1.54, 1.807) is 0 Å². The van der Waals surface area contributed by atoms with Crippen LogP contribution in [0.25, 0.3) is 0 Å². The Morgan fingerprint density at radius 3 is 1.32 bits per heavy atom. The number of esters is 3. The number of hydrogen-bond donors (Lipinski definition) is 5. The smallest absolute Gasteiger partial charge is 0.356 e. The van der Waals surface area contributed by atoms with Crippen molar-refractivity contribution in [2.75, 3.05) is 0 Å². The summed E-state index contributed by atoms with van der Waals surface area (Å²) in [5, 5.41) is 7.64. The molecule has 2 amide bonds. The van der Waals surface area contributed by atoms with Gasteiger partial charge in [-0.1, -0.05) is 25.7 Å². The number of carbonyl (C=O) groups is 5. The van der Waals surface area contributed by atoms with Crippen LogP contribution in [0.5, 0.6) is 0 Å². The maximum Gasteiger partial charge on any atom is 0.356 e. The molecular weight excluding hydrogens is 554 g/mol. The van der Waals surface area contributed by atoms with E-state index in [-0.39, 0.29) is 32.1 Å². The van der Waals surface area contributed by atoms with Crippen LogP contribution in [0.1, 0.15) is 83.5 Å². The highest BCUT2D eigenvalue weighted by atomic mass is 32.3. The standard InChI is InChI=1S/C20H33N3O13S2/c21-14(24)9-5-1-3-7-11-17(26)35-16(23)13-20(37(29,30)31,38(32,33)34)19(28)36-18(27)12-8-4-2-6-10-15(22)25/h23H,1-13H2,(H2,21,24)(H2,22,25)(H,29,30,31)(H,32,33,34). The van der Waals surface area contributed by atoms with Crippen molar-refractivity contribution >= 4 is 55.9 Å². The van der Waals surface area contributed by atoms with Crippen LogP contribution in [0.4, 0.5) is 0 Å². The summed E-state index contributed by atoms with van der Waals surface area (Å²) in [6.07, 6.45) is 0.600. The van der Waals surface area contributed by atoms with E-state index in [0.29, 0.717) is 38.5 Å². The Morgan fingerprint density at radius 1 is 0.632 bits per heavy atom. The van der Waals surface area contributed by atoms with E-state index >= 15 is 0 Å². The molecule has 0 radical (unpaired) electrons. The Labute approximate surface area is 219 Å². The zero-order valence-electron chi connectivity index (χ0n) is 20.5. The van der Waals surface area contributed by atoms with E-state index in [0.717, 1.165) is 0 Å². The molecule has 16 nitrogen and oxygen atoms in total. The highest BCUT2D eigenvalue weighted by Gasteiger charge is 2.64. The highest BCUT2D eigenvalue weighted by molar-refractivity contribution is 8.06. The lowest BCUT2D eigenvalue weighted by Crippen LogP contribution is -2.55. The summed E-state index contributed by atoms with van der Waals surface area (Å²) in [6.45, 7) is 0. The van der Waals surface area contributed by atoms with E-state index in [1.165, 1.54) is 0 Å². The SMILES string of the molecule is N=C(CC(C(=O)OC(=O)CCCCCCC(N)=O)(S(=O)(=O)O)S(=O)(=O)O)OC(=O)CCCCCCC(N)=O. The molecule has 0 rings (SSSR count). The van der Waals surface area contributed by atoms with Crippen LogP contribution in [0.2, 0.25) is 0 Å². The number of primary amides is 2. The second kappa shape index (κ2) is 16.1. The van der Waals surface area contributed by atoms with E-state index in [2.05, 4.69) is 9.47 Å². The van der Waals surface area contributed by atoms with Gasteiger partial charge in [0.25, 0.3) is 20.2 Å². The largest absolute Gasteiger partial charge is 0.412 e. The molecule has 18 heteroatoms. The van der Waals surface area contributed by atoms with Gasteiger partial charge >= 0.3 is 22.0 Å². The maximum atomic E-state index is 12.5. The summed E-state index contributed by atoms with van der Waals surface area (Å²) < 4.78 is 71.3. The van der Waals surface area contributed by atoms with Gasteiger partial charge in [0.05, 0.1) is 6.42 Å². The fourth-order valence-corrected chi connectivity index (χ4v) is 5.31. The topological polar surface area (TPSA) is 288 Å². The number of nitrogens with one attached hydrogen (secondary N) is 1. The van der Waals surface area contributed by atoms with Gasteiger partial charge in [-0.15, -0.1) is 0 Å². The molecule has 0 heterocycles. The molecule has 0 aromatic carbocycles. The molecule has 0 saturated carbocycles. The van der Waals surface area contributed by atoms with Crippen LogP contribution in [0.15, 0.2) is 0 Å². The van der Waals surface area contributed by atoms with Crippen molar-refractivity contribution in [3.8, 4) is 0 Å². The van der Waals surface area contributed by atoms with Crippen molar-refractivity contribution in [1.29, 1.82) is 5.41 Å². The minimum atomic E-state index is -6.11. The zero-order valence-corrected chi connectivity index (χ0v) is 22.2. The van der Waals surface area contributed by atoms with E-state index in [9.17, 15) is 49.9 Å².